The highest BCUT2D eigenvalue weighted by molar-refractivity contribution is 7.22. The van der Waals surface area contributed by atoms with Crippen molar-refractivity contribution in [3.05, 3.63) is 47.4 Å². The van der Waals surface area contributed by atoms with Crippen LogP contribution in [0.3, 0.4) is 0 Å². The number of nitrogens with zero attached hydrogens (tertiary/aromatic N) is 2. The Kier molecular flexibility index (Phi) is 3.32. The monoisotopic (exact) mass is 329 g/mol. The van der Waals surface area contributed by atoms with Crippen LogP contribution in [0.4, 0.5) is 0 Å². The van der Waals surface area contributed by atoms with E-state index < -0.39 is 0 Å². The van der Waals surface area contributed by atoms with E-state index in [-0.39, 0.29) is 11.2 Å². The van der Waals surface area contributed by atoms with Crippen molar-refractivity contribution in [2.24, 2.45) is 0 Å². The quantitative estimate of drug-likeness (QED) is 0.741. The van der Waals surface area contributed by atoms with Crippen LogP contribution >= 0.6 is 22.9 Å². The predicted octanol–water partition coefficient (Wildman–Crippen LogP) is 3.90. The summed E-state index contributed by atoms with van der Waals surface area (Å²) in [4.78, 5) is 21.5. The number of benzene rings is 1. The molecule has 22 heavy (non-hydrogen) atoms. The molecule has 0 bridgehead atoms. The fourth-order valence-electron chi connectivity index (χ4n) is 2.35. The largest absolute Gasteiger partial charge is 0.349 e. The Labute approximate surface area is 136 Å². The highest BCUT2D eigenvalue weighted by atomic mass is 35.5. The van der Waals surface area contributed by atoms with Gasteiger partial charge in [0.15, 0.2) is 0 Å². The summed E-state index contributed by atoms with van der Waals surface area (Å²) >= 11 is 7.45. The van der Waals surface area contributed by atoms with Gasteiger partial charge in [0.25, 0.3) is 5.91 Å². The molecule has 1 aromatic carbocycles. The second-order valence-corrected chi connectivity index (χ2v) is 6.71. The third kappa shape index (κ3) is 2.58. The molecule has 4 rings (SSSR count). The van der Waals surface area contributed by atoms with Crippen LogP contribution in [0, 0.1) is 0 Å². The van der Waals surface area contributed by atoms with E-state index in [0.717, 1.165) is 33.5 Å². The van der Waals surface area contributed by atoms with E-state index in [4.69, 9.17) is 11.6 Å². The number of hydrogen-bond acceptors (Lipinski definition) is 4. The Morgan fingerprint density at radius 1 is 1.32 bits per heavy atom. The lowest BCUT2D eigenvalue weighted by Crippen LogP contribution is -2.25. The minimum absolute atomic E-state index is 0.00169. The molecule has 2 aromatic heterocycles. The number of thiophene rings is 1. The summed E-state index contributed by atoms with van der Waals surface area (Å²) in [5, 5.41) is 4.22. The second-order valence-electron chi connectivity index (χ2n) is 5.29. The molecule has 6 heteroatoms. The van der Waals surface area contributed by atoms with Crippen molar-refractivity contribution in [2.75, 3.05) is 0 Å². The molecule has 4 nitrogen and oxygen atoms in total. The van der Waals surface area contributed by atoms with Crippen molar-refractivity contribution < 1.29 is 4.79 Å². The van der Waals surface area contributed by atoms with Gasteiger partial charge in [-0.2, -0.15) is 0 Å². The molecule has 1 N–H and O–H groups in total. The summed E-state index contributed by atoms with van der Waals surface area (Å²) in [7, 11) is 0. The lowest BCUT2D eigenvalue weighted by molar-refractivity contribution is 0.0953. The lowest BCUT2D eigenvalue weighted by atomic mass is 10.1. The van der Waals surface area contributed by atoms with E-state index in [9.17, 15) is 4.79 Å². The summed E-state index contributed by atoms with van der Waals surface area (Å²) in [6, 6.07) is 9.96. The average Bonchev–Trinajstić information content (AvgIpc) is 3.21. The van der Waals surface area contributed by atoms with Gasteiger partial charge < -0.3 is 5.32 Å². The summed E-state index contributed by atoms with van der Waals surface area (Å²) in [5.41, 5.74) is 1.49. The van der Waals surface area contributed by atoms with Crippen LogP contribution in [0.25, 0.3) is 20.7 Å². The van der Waals surface area contributed by atoms with Crippen LogP contribution in [0.2, 0.25) is 5.28 Å². The number of carbonyl (C=O) groups excluding carboxylic acids is 1. The normalized spacial score (nSPS) is 14.2. The van der Waals surface area contributed by atoms with E-state index in [2.05, 4.69) is 15.3 Å². The van der Waals surface area contributed by atoms with Gasteiger partial charge in [-0.15, -0.1) is 11.3 Å². The second kappa shape index (κ2) is 5.34. The zero-order chi connectivity index (χ0) is 15.1. The number of carbonyl (C=O) groups is 1. The van der Waals surface area contributed by atoms with E-state index in [1.165, 1.54) is 0 Å². The van der Waals surface area contributed by atoms with E-state index >= 15 is 0 Å². The highest BCUT2D eigenvalue weighted by Gasteiger charge is 2.24. The van der Waals surface area contributed by atoms with E-state index in [1.807, 2.05) is 30.3 Å². The number of amides is 1. The Balaban J connectivity index is 1.78. The molecule has 2 heterocycles. The first-order chi connectivity index (χ1) is 10.7. The molecule has 110 valence electrons. The van der Waals surface area contributed by atoms with Crippen LogP contribution in [0.15, 0.2) is 36.5 Å². The van der Waals surface area contributed by atoms with Crippen molar-refractivity contribution in [3.8, 4) is 10.6 Å². The minimum Gasteiger partial charge on any atom is -0.349 e. The maximum absolute atomic E-state index is 12.4. The van der Waals surface area contributed by atoms with Gasteiger partial charge in [-0.25, -0.2) is 9.97 Å². The third-order valence-electron chi connectivity index (χ3n) is 3.60. The fraction of sp³-hybridized carbons (Fsp3) is 0.188. The third-order valence-corrected chi connectivity index (χ3v) is 4.90. The fourth-order valence-corrected chi connectivity index (χ4v) is 3.55. The molecular weight excluding hydrogens is 318 g/mol. The Bertz CT molecular complexity index is 873. The first-order valence-electron chi connectivity index (χ1n) is 7.03. The molecule has 0 saturated heterocycles. The maximum Gasteiger partial charge on any atom is 0.252 e. The summed E-state index contributed by atoms with van der Waals surface area (Å²) in [6.45, 7) is 0. The molecule has 1 fully saturated rings. The van der Waals surface area contributed by atoms with Gasteiger partial charge in [0, 0.05) is 27.9 Å². The molecule has 0 radical (unpaired) electrons. The standard InChI is InChI=1S/C16H12ClN3OS/c17-16-18-7-6-12(20-16)14-8-11-10(2-1-3-13(11)22-14)15(21)19-9-4-5-9/h1-3,6-9H,4-5H2,(H,19,21). The first-order valence-corrected chi connectivity index (χ1v) is 8.22. The van der Waals surface area contributed by atoms with Crippen molar-refractivity contribution >= 4 is 38.9 Å². The van der Waals surface area contributed by atoms with Crippen LogP contribution in [-0.4, -0.2) is 21.9 Å². The molecule has 1 aliphatic carbocycles. The number of hydrogen-bond donors (Lipinski definition) is 1. The molecule has 0 aliphatic heterocycles. The molecule has 0 atom stereocenters. The first kappa shape index (κ1) is 13.7. The van der Waals surface area contributed by atoms with Gasteiger partial charge in [0.1, 0.15) is 0 Å². The number of fused-ring (bicyclic) bond motifs is 1. The van der Waals surface area contributed by atoms with Crippen LogP contribution < -0.4 is 5.32 Å². The van der Waals surface area contributed by atoms with Gasteiger partial charge in [-0.05, 0) is 48.7 Å². The Morgan fingerprint density at radius 2 is 2.18 bits per heavy atom. The zero-order valence-corrected chi connectivity index (χ0v) is 13.1. The van der Waals surface area contributed by atoms with E-state index in [0.29, 0.717) is 11.6 Å². The number of aromatic nitrogens is 2. The molecule has 0 spiro atoms. The number of nitrogens with one attached hydrogen (secondary N) is 1. The molecular formula is C16H12ClN3OS. The van der Waals surface area contributed by atoms with Gasteiger partial charge >= 0.3 is 0 Å². The Morgan fingerprint density at radius 3 is 2.95 bits per heavy atom. The predicted molar refractivity (Wildman–Crippen MR) is 88.3 cm³/mol. The topological polar surface area (TPSA) is 54.9 Å². The average molecular weight is 330 g/mol. The molecule has 0 unspecified atom stereocenters. The van der Waals surface area contributed by atoms with E-state index in [1.54, 1.807) is 17.5 Å². The lowest BCUT2D eigenvalue weighted by Gasteiger charge is -2.04. The number of rotatable bonds is 3. The van der Waals surface area contributed by atoms with Crippen molar-refractivity contribution in [1.29, 1.82) is 0 Å². The van der Waals surface area contributed by atoms with Crippen LogP contribution in [-0.2, 0) is 0 Å². The maximum atomic E-state index is 12.4. The van der Waals surface area contributed by atoms with Crippen molar-refractivity contribution in [1.82, 2.24) is 15.3 Å². The van der Waals surface area contributed by atoms with Gasteiger partial charge in [0.05, 0.1) is 10.6 Å². The summed E-state index contributed by atoms with van der Waals surface area (Å²) in [5.74, 6) is -0.00169. The molecule has 3 aromatic rings. The molecule has 1 amide bonds. The van der Waals surface area contributed by atoms with Gasteiger partial charge in [-0.1, -0.05) is 6.07 Å². The smallest absolute Gasteiger partial charge is 0.252 e. The van der Waals surface area contributed by atoms with Crippen molar-refractivity contribution in [2.45, 2.75) is 18.9 Å². The Hall–Kier alpha value is -1.98. The summed E-state index contributed by atoms with van der Waals surface area (Å²) < 4.78 is 1.06. The highest BCUT2D eigenvalue weighted by Crippen LogP contribution is 2.34. The molecule has 1 aliphatic rings. The van der Waals surface area contributed by atoms with Crippen LogP contribution in [0.5, 0.6) is 0 Å². The molecule has 1 saturated carbocycles. The summed E-state index contributed by atoms with van der Waals surface area (Å²) in [6.07, 6.45) is 3.79. The van der Waals surface area contributed by atoms with Gasteiger partial charge in [0.2, 0.25) is 5.28 Å². The number of halogens is 1. The van der Waals surface area contributed by atoms with Crippen LogP contribution in [0.1, 0.15) is 23.2 Å². The van der Waals surface area contributed by atoms with Crippen molar-refractivity contribution in [3.63, 3.8) is 0 Å². The zero-order valence-electron chi connectivity index (χ0n) is 11.5. The minimum atomic E-state index is -0.00169. The van der Waals surface area contributed by atoms with Gasteiger partial charge in [-0.3, -0.25) is 4.79 Å². The SMILES string of the molecule is O=C(NC1CC1)c1cccc2sc(-c3ccnc(Cl)n3)cc12.